The smallest absolute Gasteiger partial charge is 0.264 e. The van der Waals surface area contributed by atoms with Crippen LogP contribution in [0.5, 0.6) is 0 Å². The van der Waals surface area contributed by atoms with E-state index in [1.54, 1.807) is 24.3 Å². The molecule has 2 saturated carbocycles. The summed E-state index contributed by atoms with van der Waals surface area (Å²) < 4.78 is 27.7. The molecule has 0 radical (unpaired) electrons. The van der Waals surface area contributed by atoms with Crippen LogP contribution in [0, 0.1) is 11.8 Å². The van der Waals surface area contributed by atoms with Gasteiger partial charge in [-0.05, 0) is 61.4 Å². The predicted molar refractivity (Wildman–Crippen MR) is 115 cm³/mol. The molecule has 2 aromatic rings. The Kier molecular flexibility index (Phi) is 5.78. The Hall–Kier alpha value is -1.76. The van der Waals surface area contributed by atoms with Gasteiger partial charge in [0, 0.05) is 11.1 Å². The van der Waals surface area contributed by atoms with E-state index in [1.807, 2.05) is 0 Å². The zero-order chi connectivity index (χ0) is 20.6. The topological polar surface area (TPSA) is 66.5 Å². The van der Waals surface area contributed by atoms with Crippen molar-refractivity contribution in [3.05, 3.63) is 58.6 Å². The second-order valence-corrected chi connectivity index (χ2v) is 10.5. The Morgan fingerprint density at radius 3 is 2.45 bits per heavy atom. The molecule has 2 aromatic carbocycles. The van der Waals surface area contributed by atoms with Gasteiger partial charge < -0.3 is 5.32 Å². The molecule has 2 fully saturated rings. The third-order valence-corrected chi connectivity index (χ3v) is 8.19. The maximum Gasteiger partial charge on any atom is 0.264 e. The highest BCUT2D eigenvalue weighted by molar-refractivity contribution is 7.92. The SMILES string of the molecule is O=C(CN(c1ccc(Cl)cc1Cl)S(=O)(=O)c1ccccc1)NC1CC2CCC1C2. The van der Waals surface area contributed by atoms with Crippen LogP contribution in [0.4, 0.5) is 5.69 Å². The molecule has 1 N–H and O–H groups in total. The molecule has 0 aliphatic heterocycles. The molecule has 0 heterocycles. The van der Waals surface area contributed by atoms with E-state index in [0.717, 1.165) is 23.6 Å². The van der Waals surface area contributed by atoms with Crippen LogP contribution in [0.15, 0.2) is 53.4 Å². The summed E-state index contributed by atoms with van der Waals surface area (Å²) in [4.78, 5) is 12.9. The lowest BCUT2D eigenvalue weighted by Gasteiger charge is -2.27. The Morgan fingerprint density at radius 2 is 1.83 bits per heavy atom. The predicted octanol–water partition coefficient (Wildman–Crippen LogP) is 4.49. The van der Waals surface area contributed by atoms with E-state index in [4.69, 9.17) is 23.2 Å². The average molecular weight is 453 g/mol. The van der Waals surface area contributed by atoms with Crippen molar-refractivity contribution in [1.29, 1.82) is 0 Å². The number of anilines is 1. The van der Waals surface area contributed by atoms with Crippen molar-refractivity contribution in [2.24, 2.45) is 11.8 Å². The van der Waals surface area contributed by atoms with Crippen LogP contribution in [-0.4, -0.2) is 26.9 Å². The number of benzene rings is 2. The van der Waals surface area contributed by atoms with Crippen LogP contribution in [0.1, 0.15) is 25.7 Å². The summed E-state index contributed by atoms with van der Waals surface area (Å²) in [7, 11) is -3.98. The first kappa shape index (κ1) is 20.5. The zero-order valence-electron chi connectivity index (χ0n) is 15.7. The largest absolute Gasteiger partial charge is 0.352 e. The Morgan fingerprint density at radius 1 is 1.07 bits per heavy atom. The van der Waals surface area contributed by atoms with Gasteiger partial charge in [-0.1, -0.05) is 47.8 Å². The molecule has 8 heteroatoms. The number of nitrogens with zero attached hydrogens (tertiary/aromatic N) is 1. The Balaban J connectivity index is 1.62. The summed E-state index contributed by atoms with van der Waals surface area (Å²) in [6.45, 7) is -0.341. The molecule has 29 heavy (non-hydrogen) atoms. The summed E-state index contributed by atoms with van der Waals surface area (Å²) in [5.41, 5.74) is 0.225. The van der Waals surface area contributed by atoms with Gasteiger partial charge in [0.25, 0.3) is 10.0 Å². The number of hydrogen-bond acceptors (Lipinski definition) is 3. The summed E-state index contributed by atoms with van der Waals surface area (Å²) in [5, 5.41) is 3.61. The van der Waals surface area contributed by atoms with Gasteiger partial charge in [-0.3, -0.25) is 9.10 Å². The number of halogens is 2. The molecule has 3 atom stereocenters. The highest BCUT2D eigenvalue weighted by Gasteiger charge is 2.40. The number of rotatable bonds is 6. The number of fused-ring (bicyclic) bond motifs is 2. The monoisotopic (exact) mass is 452 g/mol. The first-order valence-electron chi connectivity index (χ1n) is 9.67. The van der Waals surface area contributed by atoms with Gasteiger partial charge in [0.15, 0.2) is 0 Å². The van der Waals surface area contributed by atoms with Gasteiger partial charge in [0.2, 0.25) is 5.91 Å². The molecule has 2 bridgehead atoms. The van der Waals surface area contributed by atoms with Crippen LogP contribution < -0.4 is 9.62 Å². The minimum absolute atomic E-state index is 0.0961. The summed E-state index contributed by atoms with van der Waals surface area (Å²) in [6, 6.07) is 12.7. The molecule has 154 valence electrons. The maximum absolute atomic E-state index is 13.3. The van der Waals surface area contributed by atoms with E-state index in [2.05, 4.69) is 5.32 Å². The molecule has 1 amide bonds. The van der Waals surface area contributed by atoms with Gasteiger partial charge in [-0.15, -0.1) is 0 Å². The van der Waals surface area contributed by atoms with Gasteiger partial charge in [0.05, 0.1) is 15.6 Å². The lowest BCUT2D eigenvalue weighted by Crippen LogP contribution is -2.46. The highest BCUT2D eigenvalue weighted by Crippen LogP contribution is 2.44. The second-order valence-electron chi connectivity index (χ2n) is 7.77. The number of carbonyl (C=O) groups excluding carboxylic acids is 1. The van der Waals surface area contributed by atoms with E-state index in [9.17, 15) is 13.2 Å². The molecule has 2 aliphatic rings. The molecule has 0 spiro atoms. The van der Waals surface area contributed by atoms with Gasteiger partial charge >= 0.3 is 0 Å². The number of amides is 1. The van der Waals surface area contributed by atoms with Crippen molar-refractivity contribution in [3.63, 3.8) is 0 Å². The third-order valence-electron chi connectivity index (χ3n) is 5.88. The fraction of sp³-hybridized carbons (Fsp3) is 0.381. The molecule has 0 aromatic heterocycles. The first-order valence-corrected chi connectivity index (χ1v) is 11.9. The molecule has 0 saturated heterocycles. The van der Waals surface area contributed by atoms with Crippen LogP contribution in [0.25, 0.3) is 0 Å². The number of nitrogens with one attached hydrogen (secondary N) is 1. The standard InChI is InChI=1S/C21H22Cl2N2O3S/c22-16-8-9-20(18(23)12-16)25(29(27,28)17-4-2-1-3-5-17)13-21(26)24-19-11-14-6-7-15(19)10-14/h1-5,8-9,12,14-15,19H,6-7,10-11,13H2,(H,24,26). The average Bonchev–Trinajstić information content (AvgIpc) is 3.30. The molecule has 4 rings (SSSR count). The van der Waals surface area contributed by atoms with Gasteiger partial charge in [0.1, 0.15) is 6.54 Å². The molecular weight excluding hydrogens is 431 g/mol. The number of carbonyl (C=O) groups is 1. The summed E-state index contributed by atoms with van der Waals surface area (Å²) in [5.74, 6) is 0.857. The van der Waals surface area contributed by atoms with Crippen LogP contribution in [-0.2, 0) is 14.8 Å². The molecule has 5 nitrogen and oxygen atoms in total. The first-order chi connectivity index (χ1) is 13.8. The van der Waals surface area contributed by atoms with E-state index < -0.39 is 10.0 Å². The Bertz CT molecular complexity index is 1010. The molecule has 2 aliphatic carbocycles. The number of hydrogen-bond donors (Lipinski definition) is 1. The minimum Gasteiger partial charge on any atom is -0.352 e. The second kappa shape index (κ2) is 8.17. The lowest BCUT2D eigenvalue weighted by molar-refractivity contribution is -0.120. The minimum atomic E-state index is -3.98. The number of sulfonamides is 1. The lowest BCUT2D eigenvalue weighted by atomic mass is 9.95. The summed E-state index contributed by atoms with van der Waals surface area (Å²) >= 11 is 12.3. The maximum atomic E-state index is 13.3. The Labute approximate surface area is 181 Å². The van der Waals surface area contributed by atoms with Crippen LogP contribution in [0.2, 0.25) is 10.0 Å². The van der Waals surface area contributed by atoms with E-state index >= 15 is 0 Å². The fourth-order valence-corrected chi connectivity index (χ4v) is 6.53. The van der Waals surface area contributed by atoms with Crippen molar-refractivity contribution in [2.75, 3.05) is 10.8 Å². The van der Waals surface area contributed by atoms with Crippen molar-refractivity contribution in [1.82, 2.24) is 5.32 Å². The quantitative estimate of drug-likeness (QED) is 0.701. The van der Waals surface area contributed by atoms with E-state index in [1.165, 1.54) is 30.7 Å². The van der Waals surface area contributed by atoms with E-state index in [0.29, 0.717) is 16.9 Å². The van der Waals surface area contributed by atoms with Crippen molar-refractivity contribution in [2.45, 2.75) is 36.6 Å². The van der Waals surface area contributed by atoms with Gasteiger partial charge in [-0.2, -0.15) is 0 Å². The van der Waals surface area contributed by atoms with E-state index in [-0.39, 0.29) is 34.1 Å². The third kappa shape index (κ3) is 4.25. The van der Waals surface area contributed by atoms with Gasteiger partial charge in [-0.25, -0.2) is 8.42 Å². The zero-order valence-corrected chi connectivity index (χ0v) is 18.1. The van der Waals surface area contributed by atoms with Crippen molar-refractivity contribution >= 4 is 44.8 Å². The molecular formula is C21H22Cl2N2O3S. The van der Waals surface area contributed by atoms with Crippen molar-refractivity contribution in [3.8, 4) is 0 Å². The highest BCUT2D eigenvalue weighted by atomic mass is 35.5. The normalized spacial score (nSPS) is 23.2. The van der Waals surface area contributed by atoms with Crippen LogP contribution >= 0.6 is 23.2 Å². The fourth-order valence-electron chi connectivity index (χ4n) is 4.51. The molecule has 3 unspecified atom stereocenters. The summed E-state index contributed by atoms with van der Waals surface area (Å²) in [6.07, 6.45) is 4.49. The van der Waals surface area contributed by atoms with Crippen LogP contribution in [0.3, 0.4) is 0 Å². The van der Waals surface area contributed by atoms with Crippen molar-refractivity contribution < 1.29 is 13.2 Å².